The molecule has 2 rings (SSSR count). The number of hydrogen-bond donors (Lipinski definition) is 1. The first-order valence-electron chi connectivity index (χ1n) is 6.43. The molecule has 0 bridgehead atoms. The zero-order valence-electron chi connectivity index (χ0n) is 10.5. The molecule has 1 saturated carbocycles. The summed E-state index contributed by atoms with van der Waals surface area (Å²) < 4.78 is 20.3. The molecule has 0 saturated heterocycles. The van der Waals surface area contributed by atoms with Crippen LogP contribution in [0.3, 0.4) is 0 Å². The molecule has 1 fully saturated rings. The summed E-state index contributed by atoms with van der Waals surface area (Å²) in [6.45, 7) is 2.64. The summed E-state index contributed by atoms with van der Waals surface area (Å²) in [5, 5.41) is 0. The molecule has 1 aliphatic carbocycles. The fraction of sp³-hybridized carbons (Fsp3) is 0.571. The number of halogens is 2. The lowest BCUT2D eigenvalue weighted by Crippen LogP contribution is -2.40. The van der Waals surface area contributed by atoms with Gasteiger partial charge in [0.05, 0.1) is 6.10 Å². The summed E-state index contributed by atoms with van der Waals surface area (Å²) in [6, 6.07) is 4.83. The van der Waals surface area contributed by atoms with Crippen molar-refractivity contribution in [3.05, 3.63) is 34.1 Å². The molecule has 1 aliphatic rings. The summed E-state index contributed by atoms with van der Waals surface area (Å²) in [6.07, 6.45) is 2.94. The molecule has 0 aliphatic heterocycles. The molecule has 0 amide bonds. The molecule has 0 spiro atoms. The minimum absolute atomic E-state index is 0.0633. The fourth-order valence-corrected chi connectivity index (χ4v) is 2.70. The third-order valence-electron chi connectivity index (χ3n) is 3.33. The molecule has 4 heteroatoms. The lowest BCUT2D eigenvalue weighted by Gasteiger charge is -2.24. The van der Waals surface area contributed by atoms with Crippen LogP contribution in [0.4, 0.5) is 4.39 Å². The molecule has 0 aromatic heterocycles. The van der Waals surface area contributed by atoms with E-state index in [1.54, 1.807) is 12.1 Å². The van der Waals surface area contributed by atoms with E-state index >= 15 is 0 Å². The Morgan fingerprint density at radius 3 is 2.83 bits per heavy atom. The van der Waals surface area contributed by atoms with Gasteiger partial charge in [0.1, 0.15) is 5.82 Å². The molecule has 2 unspecified atom stereocenters. The van der Waals surface area contributed by atoms with E-state index < -0.39 is 0 Å². The average Bonchev–Trinajstić information content (AvgIpc) is 3.14. The van der Waals surface area contributed by atoms with Crippen LogP contribution in [0.5, 0.6) is 0 Å². The van der Waals surface area contributed by atoms with Gasteiger partial charge in [0.25, 0.3) is 0 Å². The summed E-state index contributed by atoms with van der Waals surface area (Å²) in [5.41, 5.74) is 6.84. The van der Waals surface area contributed by atoms with Crippen molar-refractivity contribution in [2.24, 2.45) is 11.7 Å². The molecule has 1 aromatic carbocycles. The Balaban J connectivity index is 2.04. The normalized spacial score (nSPS) is 18.7. The van der Waals surface area contributed by atoms with Crippen molar-refractivity contribution < 1.29 is 9.13 Å². The SMILES string of the molecule is CCOC(C(N)Cc1cc(Br)ccc1F)C1CC1. The lowest BCUT2D eigenvalue weighted by molar-refractivity contribution is 0.0286. The summed E-state index contributed by atoms with van der Waals surface area (Å²) >= 11 is 3.36. The highest BCUT2D eigenvalue weighted by atomic mass is 79.9. The first kappa shape index (κ1) is 14.0. The van der Waals surface area contributed by atoms with Crippen LogP contribution in [0.25, 0.3) is 0 Å². The van der Waals surface area contributed by atoms with Crippen molar-refractivity contribution in [3.8, 4) is 0 Å². The summed E-state index contributed by atoms with van der Waals surface area (Å²) in [7, 11) is 0. The van der Waals surface area contributed by atoms with E-state index in [-0.39, 0.29) is 18.0 Å². The van der Waals surface area contributed by atoms with Crippen LogP contribution in [0.15, 0.2) is 22.7 Å². The van der Waals surface area contributed by atoms with Crippen molar-refractivity contribution in [1.82, 2.24) is 0 Å². The van der Waals surface area contributed by atoms with Crippen LogP contribution in [0.2, 0.25) is 0 Å². The Morgan fingerprint density at radius 2 is 2.22 bits per heavy atom. The Hall–Kier alpha value is -0.450. The Morgan fingerprint density at radius 1 is 1.50 bits per heavy atom. The number of rotatable bonds is 6. The second-order valence-corrected chi connectivity index (χ2v) is 5.78. The van der Waals surface area contributed by atoms with Gasteiger partial charge < -0.3 is 10.5 Å². The standard InChI is InChI=1S/C14H19BrFNO/c1-2-18-14(9-3-4-9)13(17)8-10-7-11(15)5-6-12(10)16/h5-7,9,13-14H,2-4,8,17H2,1H3. The minimum atomic E-state index is -0.195. The van der Waals surface area contributed by atoms with Gasteiger partial charge in [-0.2, -0.15) is 0 Å². The zero-order valence-corrected chi connectivity index (χ0v) is 12.1. The first-order valence-corrected chi connectivity index (χ1v) is 7.22. The van der Waals surface area contributed by atoms with Gasteiger partial charge >= 0.3 is 0 Å². The molecular weight excluding hydrogens is 297 g/mol. The van der Waals surface area contributed by atoms with Crippen LogP contribution in [-0.2, 0) is 11.2 Å². The molecule has 2 atom stereocenters. The highest BCUT2D eigenvalue weighted by Gasteiger charge is 2.35. The first-order chi connectivity index (χ1) is 8.61. The van der Waals surface area contributed by atoms with Gasteiger partial charge in [0.15, 0.2) is 0 Å². The van der Waals surface area contributed by atoms with Crippen molar-refractivity contribution in [1.29, 1.82) is 0 Å². The van der Waals surface area contributed by atoms with Crippen LogP contribution >= 0.6 is 15.9 Å². The van der Waals surface area contributed by atoms with Gasteiger partial charge in [0.2, 0.25) is 0 Å². The monoisotopic (exact) mass is 315 g/mol. The topological polar surface area (TPSA) is 35.2 Å². The van der Waals surface area contributed by atoms with Gasteiger partial charge in [-0.1, -0.05) is 15.9 Å². The minimum Gasteiger partial charge on any atom is -0.377 e. The smallest absolute Gasteiger partial charge is 0.126 e. The summed E-state index contributed by atoms with van der Waals surface area (Å²) in [4.78, 5) is 0. The highest BCUT2D eigenvalue weighted by Crippen LogP contribution is 2.36. The lowest BCUT2D eigenvalue weighted by atomic mass is 9.98. The number of ether oxygens (including phenoxy) is 1. The van der Waals surface area contributed by atoms with E-state index in [0.29, 0.717) is 24.5 Å². The molecule has 18 heavy (non-hydrogen) atoms. The molecular formula is C14H19BrFNO. The van der Waals surface area contributed by atoms with Crippen LogP contribution < -0.4 is 5.73 Å². The van der Waals surface area contributed by atoms with Crippen molar-refractivity contribution in [2.45, 2.75) is 38.3 Å². The van der Waals surface area contributed by atoms with Crippen LogP contribution in [0, 0.1) is 11.7 Å². The van der Waals surface area contributed by atoms with Crippen LogP contribution in [-0.4, -0.2) is 18.8 Å². The van der Waals surface area contributed by atoms with Gasteiger partial charge in [-0.25, -0.2) is 4.39 Å². The van der Waals surface area contributed by atoms with Gasteiger partial charge in [-0.15, -0.1) is 0 Å². The van der Waals surface area contributed by atoms with Gasteiger partial charge in [-0.05, 0) is 55.9 Å². The predicted octanol–water partition coefficient (Wildman–Crippen LogP) is 3.27. The number of benzene rings is 1. The maximum Gasteiger partial charge on any atom is 0.126 e. The predicted molar refractivity (Wildman–Crippen MR) is 73.9 cm³/mol. The molecule has 0 heterocycles. The van der Waals surface area contributed by atoms with E-state index in [9.17, 15) is 4.39 Å². The van der Waals surface area contributed by atoms with Crippen molar-refractivity contribution in [2.75, 3.05) is 6.61 Å². The van der Waals surface area contributed by atoms with Crippen LogP contribution in [0.1, 0.15) is 25.3 Å². The van der Waals surface area contributed by atoms with Gasteiger partial charge in [0, 0.05) is 17.1 Å². The Labute approximate surface area is 116 Å². The van der Waals surface area contributed by atoms with E-state index in [1.165, 1.54) is 18.9 Å². The number of hydrogen-bond acceptors (Lipinski definition) is 2. The number of nitrogens with two attached hydrogens (primary N) is 1. The molecule has 2 nitrogen and oxygen atoms in total. The van der Waals surface area contributed by atoms with E-state index in [0.717, 1.165) is 4.47 Å². The van der Waals surface area contributed by atoms with Crippen molar-refractivity contribution >= 4 is 15.9 Å². The highest BCUT2D eigenvalue weighted by molar-refractivity contribution is 9.10. The third kappa shape index (κ3) is 3.53. The molecule has 2 N–H and O–H groups in total. The zero-order chi connectivity index (χ0) is 13.1. The van der Waals surface area contributed by atoms with Gasteiger partial charge in [-0.3, -0.25) is 0 Å². The fourth-order valence-electron chi connectivity index (χ4n) is 2.30. The Kier molecular flexibility index (Phi) is 4.76. The summed E-state index contributed by atoms with van der Waals surface area (Å²) in [5.74, 6) is 0.370. The second-order valence-electron chi connectivity index (χ2n) is 4.86. The van der Waals surface area contributed by atoms with Crippen molar-refractivity contribution in [3.63, 3.8) is 0 Å². The Bertz CT molecular complexity index is 409. The molecule has 1 aromatic rings. The molecule has 100 valence electrons. The van der Waals surface area contributed by atoms with E-state index in [2.05, 4.69) is 15.9 Å². The van der Waals surface area contributed by atoms with E-state index in [1.807, 2.05) is 6.92 Å². The van der Waals surface area contributed by atoms with E-state index in [4.69, 9.17) is 10.5 Å². The third-order valence-corrected chi connectivity index (χ3v) is 3.82. The quantitative estimate of drug-likeness (QED) is 0.874. The maximum atomic E-state index is 13.7. The maximum absolute atomic E-state index is 13.7. The average molecular weight is 316 g/mol. The molecule has 0 radical (unpaired) electrons. The second kappa shape index (κ2) is 6.13. The largest absolute Gasteiger partial charge is 0.377 e.